The fourth-order valence-corrected chi connectivity index (χ4v) is 2.88. The molecule has 0 saturated carbocycles. The van der Waals surface area contributed by atoms with Crippen molar-refractivity contribution in [1.82, 2.24) is 10.2 Å². The van der Waals surface area contributed by atoms with Crippen molar-refractivity contribution in [3.63, 3.8) is 0 Å². The van der Waals surface area contributed by atoms with Crippen LogP contribution in [0.25, 0.3) is 11.5 Å². The van der Waals surface area contributed by atoms with Crippen LogP contribution in [0.4, 0.5) is 0 Å². The van der Waals surface area contributed by atoms with E-state index < -0.39 is 0 Å². The van der Waals surface area contributed by atoms with E-state index in [0.29, 0.717) is 22.4 Å². The van der Waals surface area contributed by atoms with Crippen LogP contribution in [0.3, 0.4) is 0 Å². The second kappa shape index (κ2) is 7.53. The monoisotopic (exact) mass is 346 g/mol. The van der Waals surface area contributed by atoms with Crippen LogP contribution in [0.2, 0.25) is 5.02 Å². The summed E-state index contributed by atoms with van der Waals surface area (Å²) >= 11 is 7.91. The Morgan fingerprint density at radius 1 is 1.09 bits per heavy atom. The summed E-state index contributed by atoms with van der Waals surface area (Å²) in [6, 6.07) is 15.3. The molecule has 0 bridgehead atoms. The van der Waals surface area contributed by atoms with Crippen molar-refractivity contribution in [2.24, 2.45) is 0 Å². The van der Waals surface area contributed by atoms with Gasteiger partial charge >= 0.3 is 0 Å². The van der Waals surface area contributed by atoms with Crippen molar-refractivity contribution in [2.45, 2.75) is 18.4 Å². The molecule has 3 rings (SSSR count). The first-order chi connectivity index (χ1) is 11.3. The first-order valence-electron chi connectivity index (χ1n) is 7.19. The predicted molar refractivity (Wildman–Crippen MR) is 91.9 cm³/mol. The molecule has 0 atom stereocenters. The molecule has 0 aliphatic heterocycles. The molecule has 0 amide bonds. The Morgan fingerprint density at radius 3 is 2.61 bits per heavy atom. The fraction of sp³-hybridized carbons (Fsp3) is 0.176. The molecule has 1 aromatic heterocycles. The molecule has 0 fully saturated rings. The highest BCUT2D eigenvalue weighted by Gasteiger charge is 2.11. The van der Waals surface area contributed by atoms with Crippen LogP contribution in [0.1, 0.15) is 12.8 Å². The Kier molecular flexibility index (Phi) is 5.20. The van der Waals surface area contributed by atoms with Crippen LogP contribution < -0.4 is 4.74 Å². The van der Waals surface area contributed by atoms with Gasteiger partial charge in [0, 0.05) is 4.90 Å². The van der Waals surface area contributed by atoms with E-state index in [1.54, 1.807) is 17.8 Å². The number of ether oxygens (including phenoxy) is 1. The predicted octanol–water partition coefficient (Wildman–Crippen LogP) is 5.08. The highest BCUT2D eigenvalue weighted by Crippen LogP contribution is 2.26. The van der Waals surface area contributed by atoms with Gasteiger partial charge in [-0.15, -0.1) is 22.0 Å². The standard InChI is InChI=1S/C17H15ClN2O2S/c1-2-23-13-9-7-12(8-10-13)21-11-16-19-20-17(22-16)14-5-3-4-6-15(14)18/h3-10H,2,11H2,1H3. The molecule has 0 aliphatic rings. The third kappa shape index (κ3) is 4.06. The van der Waals surface area contributed by atoms with Crippen LogP contribution in [0, 0.1) is 0 Å². The second-order valence-corrected chi connectivity index (χ2v) is 6.42. The highest BCUT2D eigenvalue weighted by molar-refractivity contribution is 7.99. The van der Waals surface area contributed by atoms with Crippen molar-refractivity contribution in [3.8, 4) is 17.2 Å². The maximum absolute atomic E-state index is 6.12. The van der Waals surface area contributed by atoms with Gasteiger partial charge in [-0.3, -0.25) is 0 Å². The van der Waals surface area contributed by atoms with Gasteiger partial charge in [0.05, 0.1) is 10.6 Å². The van der Waals surface area contributed by atoms with Crippen molar-refractivity contribution in [3.05, 3.63) is 59.4 Å². The normalized spacial score (nSPS) is 10.7. The molecule has 0 saturated heterocycles. The van der Waals surface area contributed by atoms with Gasteiger partial charge in [0.15, 0.2) is 6.61 Å². The van der Waals surface area contributed by atoms with Gasteiger partial charge in [0.25, 0.3) is 5.89 Å². The molecule has 0 spiro atoms. The van der Waals surface area contributed by atoms with E-state index in [4.69, 9.17) is 20.8 Å². The maximum Gasteiger partial charge on any atom is 0.254 e. The number of rotatable bonds is 6. The lowest BCUT2D eigenvalue weighted by molar-refractivity contribution is 0.264. The average molecular weight is 347 g/mol. The summed E-state index contributed by atoms with van der Waals surface area (Å²) in [6.45, 7) is 2.35. The molecule has 23 heavy (non-hydrogen) atoms. The number of hydrogen-bond donors (Lipinski definition) is 0. The minimum Gasteiger partial charge on any atom is -0.484 e. The fourth-order valence-electron chi connectivity index (χ4n) is 2.00. The molecule has 6 heteroatoms. The van der Waals surface area contributed by atoms with Crippen LogP contribution in [-0.2, 0) is 6.61 Å². The van der Waals surface area contributed by atoms with E-state index in [1.807, 2.05) is 42.5 Å². The summed E-state index contributed by atoms with van der Waals surface area (Å²) in [4.78, 5) is 1.22. The number of thioether (sulfide) groups is 1. The molecule has 0 unspecified atom stereocenters. The third-order valence-electron chi connectivity index (χ3n) is 3.07. The molecule has 0 aliphatic carbocycles. The second-order valence-electron chi connectivity index (χ2n) is 4.67. The topological polar surface area (TPSA) is 48.2 Å². The van der Waals surface area contributed by atoms with E-state index in [0.717, 1.165) is 11.5 Å². The van der Waals surface area contributed by atoms with Crippen molar-refractivity contribution in [2.75, 3.05) is 5.75 Å². The lowest BCUT2D eigenvalue weighted by Crippen LogP contribution is -1.95. The summed E-state index contributed by atoms with van der Waals surface area (Å²) in [5.41, 5.74) is 0.717. The van der Waals surface area contributed by atoms with E-state index in [-0.39, 0.29) is 6.61 Å². The highest BCUT2D eigenvalue weighted by atomic mass is 35.5. The molecule has 1 heterocycles. The zero-order chi connectivity index (χ0) is 16.1. The van der Waals surface area contributed by atoms with Crippen LogP contribution in [0.15, 0.2) is 57.8 Å². The summed E-state index contributed by atoms with van der Waals surface area (Å²) in [5.74, 6) is 2.62. The Morgan fingerprint density at radius 2 is 1.87 bits per heavy atom. The third-order valence-corrected chi connectivity index (χ3v) is 4.29. The SMILES string of the molecule is CCSc1ccc(OCc2nnc(-c3ccccc3Cl)o2)cc1. The molecule has 0 N–H and O–H groups in total. The number of hydrogen-bond acceptors (Lipinski definition) is 5. The number of benzene rings is 2. The lowest BCUT2D eigenvalue weighted by atomic mass is 10.2. The van der Waals surface area contributed by atoms with Gasteiger partial charge in [-0.2, -0.15) is 0 Å². The number of aromatic nitrogens is 2. The molecule has 4 nitrogen and oxygen atoms in total. The van der Waals surface area contributed by atoms with Gasteiger partial charge < -0.3 is 9.15 Å². The van der Waals surface area contributed by atoms with E-state index in [9.17, 15) is 0 Å². The van der Waals surface area contributed by atoms with Crippen molar-refractivity contribution < 1.29 is 9.15 Å². The first-order valence-corrected chi connectivity index (χ1v) is 8.55. The molecule has 0 radical (unpaired) electrons. The van der Waals surface area contributed by atoms with Gasteiger partial charge in [-0.05, 0) is 42.2 Å². The lowest BCUT2D eigenvalue weighted by Gasteiger charge is -2.04. The smallest absolute Gasteiger partial charge is 0.254 e. The molecule has 3 aromatic rings. The van der Waals surface area contributed by atoms with Gasteiger partial charge in [0.1, 0.15) is 5.75 Å². The van der Waals surface area contributed by atoms with Crippen molar-refractivity contribution in [1.29, 1.82) is 0 Å². The number of nitrogens with zero attached hydrogens (tertiary/aromatic N) is 2. The van der Waals surface area contributed by atoms with Crippen molar-refractivity contribution >= 4 is 23.4 Å². The molecule has 118 valence electrons. The summed E-state index contributed by atoms with van der Waals surface area (Å²) in [6.07, 6.45) is 0. The van der Waals surface area contributed by atoms with Crippen LogP contribution in [-0.4, -0.2) is 16.0 Å². The Balaban J connectivity index is 1.64. The molecular weight excluding hydrogens is 332 g/mol. The quantitative estimate of drug-likeness (QED) is 0.582. The van der Waals surface area contributed by atoms with E-state index in [1.165, 1.54) is 4.90 Å². The summed E-state index contributed by atoms with van der Waals surface area (Å²) in [7, 11) is 0. The van der Waals surface area contributed by atoms with Crippen LogP contribution in [0.5, 0.6) is 5.75 Å². The first kappa shape index (κ1) is 15.9. The maximum atomic E-state index is 6.12. The van der Waals surface area contributed by atoms with Gasteiger partial charge in [-0.1, -0.05) is 30.7 Å². The van der Waals surface area contributed by atoms with Gasteiger partial charge in [-0.25, -0.2) is 0 Å². The van der Waals surface area contributed by atoms with E-state index in [2.05, 4.69) is 17.1 Å². The Labute approximate surface area is 143 Å². The zero-order valence-corrected chi connectivity index (χ0v) is 14.1. The summed E-state index contributed by atoms with van der Waals surface area (Å²) in [5, 5.41) is 8.58. The van der Waals surface area contributed by atoms with Gasteiger partial charge in [0.2, 0.25) is 5.89 Å². The zero-order valence-electron chi connectivity index (χ0n) is 12.5. The van der Waals surface area contributed by atoms with E-state index >= 15 is 0 Å². The van der Waals surface area contributed by atoms with Crippen LogP contribution >= 0.6 is 23.4 Å². The molecular formula is C17H15ClN2O2S. The minimum atomic E-state index is 0.220. The Hall–Kier alpha value is -1.98. The largest absolute Gasteiger partial charge is 0.484 e. The summed E-state index contributed by atoms with van der Waals surface area (Å²) < 4.78 is 11.3. The number of halogens is 1. The Bertz CT molecular complexity index is 774. The average Bonchev–Trinajstić information content (AvgIpc) is 3.04. The minimum absolute atomic E-state index is 0.220. The molecule has 2 aromatic carbocycles.